The summed E-state index contributed by atoms with van der Waals surface area (Å²) >= 11 is 0. The van der Waals surface area contributed by atoms with E-state index in [1.807, 2.05) is 18.2 Å². The second kappa shape index (κ2) is 13.2. The van der Waals surface area contributed by atoms with Crippen LogP contribution in [0.1, 0.15) is 58.9 Å². The summed E-state index contributed by atoms with van der Waals surface area (Å²) in [6, 6.07) is 12.2. The Bertz CT molecular complexity index is 1350. The highest BCUT2D eigenvalue weighted by atomic mass is 19.4. The Morgan fingerprint density at radius 1 is 0.975 bits per heavy atom. The number of hydrogen-bond donors (Lipinski definition) is 0. The van der Waals surface area contributed by atoms with Crippen molar-refractivity contribution in [1.29, 1.82) is 0 Å². The van der Waals surface area contributed by atoms with Crippen LogP contribution in [0.5, 0.6) is 11.5 Å². The van der Waals surface area contributed by atoms with Crippen LogP contribution in [-0.2, 0) is 16.0 Å². The molecule has 0 spiro atoms. The standard InChI is InChI=1S/C31H37F3O6/c1-6-7-8-9-20-10-13-24(27(14-20)37-5)25-15-22-11-12-23(16-26(22)40-28(25)35)38-18-21(17-31(32,33)34)19-39-29(36)30(2,3)4/h10-16,21H,6-9,17-19H2,1-5H3. The second-order valence-electron chi connectivity index (χ2n) is 11.0. The van der Waals surface area contributed by atoms with Crippen molar-refractivity contribution in [2.24, 2.45) is 11.3 Å². The van der Waals surface area contributed by atoms with Gasteiger partial charge >= 0.3 is 17.8 Å². The van der Waals surface area contributed by atoms with E-state index in [0.29, 0.717) is 22.3 Å². The molecule has 0 radical (unpaired) electrons. The first-order valence-electron chi connectivity index (χ1n) is 13.4. The van der Waals surface area contributed by atoms with Gasteiger partial charge in [0.15, 0.2) is 0 Å². The molecule has 6 nitrogen and oxygen atoms in total. The fraction of sp³-hybridized carbons (Fsp3) is 0.484. The Hall–Kier alpha value is -3.49. The fourth-order valence-corrected chi connectivity index (χ4v) is 4.18. The SMILES string of the molecule is CCCCCc1ccc(-c2cc3ccc(OCC(COC(=O)C(C)(C)C)CC(F)(F)F)cc3oc2=O)c(OC)c1. The summed E-state index contributed by atoms with van der Waals surface area (Å²) in [6.07, 6.45) is -1.37. The predicted octanol–water partition coefficient (Wildman–Crippen LogP) is 7.74. The van der Waals surface area contributed by atoms with E-state index in [0.717, 1.165) is 31.2 Å². The molecule has 0 saturated heterocycles. The molecule has 218 valence electrons. The summed E-state index contributed by atoms with van der Waals surface area (Å²) in [5.74, 6) is -0.894. The number of rotatable bonds is 12. The van der Waals surface area contributed by atoms with Crippen LogP contribution in [-0.4, -0.2) is 32.5 Å². The van der Waals surface area contributed by atoms with Crippen LogP contribution in [0.2, 0.25) is 0 Å². The molecule has 9 heteroatoms. The highest BCUT2D eigenvalue weighted by Gasteiger charge is 2.34. The molecule has 3 rings (SSSR count). The Balaban J connectivity index is 1.79. The molecular weight excluding hydrogens is 525 g/mol. The maximum Gasteiger partial charge on any atom is 0.389 e. The van der Waals surface area contributed by atoms with Crippen LogP contribution in [0, 0.1) is 11.3 Å². The lowest BCUT2D eigenvalue weighted by Crippen LogP contribution is -2.30. The zero-order valence-electron chi connectivity index (χ0n) is 23.7. The van der Waals surface area contributed by atoms with Gasteiger partial charge in [0.25, 0.3) is 0 Å². The Morgan fingerprint density at radius 3 is 2.38 bits per heavy atom. The molecular formula is C31H37F3O6. The van der Waals surface area contributed by atoms with E-state index in [-0.39, 0.29) is 17.9 Å². The van der Waals surface area contributed by atoms with Crippen LogP contribution < -0.4 is 15.1 Å². The van der Waals surface area contributed by atoms with Crippen molar-refractivity contribution in [1.82, 2.24) is 0 Å². The topological polar surface area (TPSA) is 75.0 Å². The molecule has 0 saturated carbocycles. The van der Waals surface area contributed by atoms with E-state index in [2.05, 4.69) is 6.92 Å². The van der Waals surface area contributed by atoms with Crippen molar-refractivity contribution in [2.45, 2.75) is 66.0 Å². The van der Waals surface area contributed by atoms with Gasteiger partial charge in [-0.15, -0.1) is 0 Å². The third kappa shape index (κ3) is 8.76. The van der Waals surface area contributed by atoms with E-state index in [9.17, 15) is 22.8 Å². The number of unbranched alkanes of at least 4 members (excludes halogenated alkanes) is 2. The number of aryl methyl sites for hydroxylation is 1. The average Bonchev–Trinajstić information content (AvgIpc) is 2.88. The number of halogens is 3. The highest BCUT2D eigenvalue weighted by Crippen LogP contribution is 2.32. The fourth-order valence-electron chi connectivity index (χ4n) is 4.18. The van der Waals surface area contributed by atoms with Crippen molar-refractivity contribution in [3.05, 3.63) is 58.4 Å². The molecule has 0 N–H and O–H groups in total. The van der Waals surface area contributed by atoms with Crippen molar-refractivity contribution in [3.8, 4) is 22.6 Å². The smallest absolute Gasteiger partial charge is 0.389 e. The summed E-state index contributed by atoms with van der Waals surface area (Å²) in [7, 11) is 1.55. The van der Waals surface area contributed by atoms with E-state index in [1.165, 1.54) is 6.07 Å². The Kier molecular flexibility index (Phi) is 10.3. The van der Waals surface area contributed by atoms with Gasteiger partial charge in [-0.1, -0.05) is 31.9 Å². The number of ether oxygens (including phenoxy) is 3. The Labute approximate surface area is 232 Å². The van der Waals surface area contributed by atoms with Crippen LogP contribution >= 0.6 is 0 Å². The molecule has 1 aromatic heterocycles. The third-order valence-electron chi connectivity index (χ3n) is 6.40. The first-order valence-corrected chi connectivity index (χ1v) is 13.4. The zero-order chi connectivity index (χ0) is 29.5. The van der Waals surface area contributed by atoms with Gasteiger partial charge in [0.2, 0.25) is 0 Å². The quantitative estimate of drug-likeness (QED) is 0.128. The first-order chi connectivity index (χ1) is 18.8. The number of carbonyl (C=O) groups excluding carboxylic acids is 1. The monoisotopic (exact) mass is 562 g/mol. The minimum absolute atomic E-state index is 0.228. The van der Waals surface area contributed by atoms with Gasteiger partial charge in [0.1, 0.15) is 17.1 Å². The van der Waals surface area contributed by atoms with Gasteiger partial charge < -0.3 is 18.6 Å². The van der Waals surface area contributed by atoms with Crippen LogP contribution in [0.4, 0.5) is 13.2 Å². The van der Waals surface area contributed by atoms with Crippen molar-refractivity contribution < 1.29 is 36.6 Å². The third-order valence-corrected chi connectivity index (χ3v) is 6.40. The number of alkyl halides is 3. The number of esters is 1. The lowest BCUT2D eigenvalue weighted by molar-refractivity contribution is -0.165. The maximum atomic E-state index is 13.1. The average molecular weight is 563 g/mol. The molecule has 1 heterocycles. The van der Waals surface area contributed by atoms with Gasteiger partial charge in [-0.05, 0) is 63.4 Å². The first kappa shape index (κ1) is 31.0. The maximum absolute atomic E-state index is 13.1. The molecule has 0 aliphatic rings. The summed E-state index contributed by atoms with van der Waals surface area (Å²) in [6.45, 7) is 6.25. The normalized spacial score (nSPS) is 12.8. The molecule has 3 aromatic rings. The summed E-state index contributed by atoms with van der Waals surface area (Å²) in [5.41, 5.74) is 0.886. The minimum atomic E-state index is -4.45. The minimum Gasteiger partial charge on any atom is -0.496 e. The van der Waals surface area contributed by atoms with Crippen LogP contribution in [0.15, 0.2) is 51.7 Å². The number of benzene rings is 2. The van der Waals surface area contributed by atoms with Crippen LogP contribution in [0.25, 0.3) is 22.1 Å². The molecule has 0 aliphatic carbocycles. The largest absolute Gasteiger partial charge is 0.496 e. The van der Waals surface area contributed by atoms with Crippen molar-refractivity contribution in [2.75, 3.05) is 20.3 Å². The molecule has 0 bridgehead atoms. The predicted molar refractivity (Wildman–Crippen MR) is 148 cm³/mol. The molecule has 1 atom stereocenters. The molecule has 2 aromatic carbocycles. The van der Waals surface area contributed by atoms with Crippen molar-refractivity contribution in [3.63, 3.8) is 0 Å². The molecule has 40 heavy (non-hydrogen) atoms. The molecule has 0 amide bonds. The van der Waals surface area contributed by atoms with E-state index < -0.39 is 42.1 Å². The van der Waals surface area contributed by atoms with Crippen LogP contribution in [0.3, 0.4) is 0 Å². The van der Waals surface area contributed by atoms with E-state index >= 15 is 0 Å². The summed E-state index contributed by atoms with van der Waals surface area (Å²) < 4.78 is 61.2. The molecule has 0 fully saturated rings. The van der Waals surface area contributed by atoms with E-state index in [1.54, 1.807) is 46.1 Å². The van der Waals surface area contributed by atoms with Crippen molar-refractivity contribution >= 4 is 16.9 Å². The highest BCUT2D eigenvalue weighted by molar-refractivity contribution is 5.84. The Morgan fingerprint density at radius 2 is 1.73 bits per heavy atom. The van der Waals surface area contributed by atoms with E-state index in [4.69, 9.17) is 18.6 Å². The lowest BCUT2D eigenvalue weighted by atomic mass is 9.97. The number of fused-ring (bicyclic) bond motifs is 1. The summed E-state index contributed by atoms with van der Waals surface area (Å²) in [5, 5.41) is 0.613. The molecule has 0 aliphatic heterocycles. The number of carbonyl (C=O) groups is 1. The number of hydrogen-bond acceptors (Lipinski definition) is 6. The zero-order valence-corrected chi connectivity index (χ0v) is 23.7. The van der Waals surface area contributed by atoms with Gasteiger partial charge in [-0.25, -0.2) is 4.79 Å². The number of methoxy groups -OCH3 is 1. The molecule has 1 unspecified atom stereocenters. The van der Waals surface area contributed by atoms with Gasteiger partial charge in [-0.3, -0.25) is 4.79 Å². The lowest BCUT2D eigenvalue weighted by Gasteiger charge is -2.22. The van der Waals surface area contributed by atoms with Gasteiger partial charge in [-0.2, -0.15) is 13.2 Å². The van der Waals surface area contributed by atoms with Gasteiger partial charge in [0.05, 0.1) is 37.7 Å². The van der Waals surface area contributed by atoms with Gasteiger partial charge in [0, 0.05) is 22.9 Å². The summed E-state index contributed by atoms with van der Waals surface area (Å²) in [4.78, 5) is 25.0. The second-order valence-corrected chi connectivity index (χ2v) is 11.0.